The number of carbonyl (C=O) groups is 1. The number of amides is 1. The highest BCUT2D eigenvalue weighted by Crippen LogP contribution is 2.13. The van der Waals surface area contributed by atoms with Gasteiger partial charge in [-0.25, -0.2) is 12.7 Å². The normalized spacial score (nSPS) is 17.6. The molecule has 116 valence electrons. The number of anilines is 1. The molecule has 6 nitrogen and oxygen atoms in total. The van der Waals surface area contributed by atoms with Crippen molar-refractivity contribution in [3.63, 3.8) is 0 Å². The van der Waals surface area contributed by atoms with E-state index in [1.54, 1.807) is 0 Å². The first-order valence-electron chi connectivity index (χ1n) is 6.98. The standard InChI is InChI=1S/C14H21N3O3S/c1-21(19,20)17-9-7-12(8-10-17)15-11-14(18)16-13-5-3-2-4-6-13/h2-6,12,15H,7-11H2,1H3,(H,16,18). The first-order valence-corrected chi connectivity index (χ1v) is 8.83. The highest BCUT2D eigenvalue weighted by molar-refractivity contribution is 7.88. The fourth-order valence-electron chi connectivity index (χ4n) is 2.36. The lowest BCUT2D eigenvalue weighted by molar-refractivity contribution is -0.115. The van der Waals surface area contributed by atoms with E-state index in [1.165, 1.54) is 10.6 Å². The highest BCUT2D eigenvalue weighted by atomic mass is 32.2. The number of nitrogens with zero attached hydrogens (tertiary/aromatic N) is 1. The van der Waals surface area contributed by atoms with Crippen LogP contribution in [0.3, 0.4) is 0 Å². The summed E-state index contributed by atoms with van der Waals surface area (Å²) in [6.07, 6.45) is 2.69. The maximum atomic E-state index is 11.8. The maximum absolute atomic E-state index is 11.8. The lowest BCUT2D eigenvalue weighted by Gasteiger charge is -2.30. The lowest BCUT2D eigenvalue weighted by atomic mass is 10.1. The van der Waals surface area contributed by atoms with E-state index in [0.29, 0.717) is 13.1 Å². The minimum atomic E-state index is -3.09. The highest BCUT2D eigenvalue weighted by Gasteiger charge is 2.24. The average molecular weight is 311 g/mol. The van der Waals surface area contributed by atoms with Crippen molar-refractivity contribution in [3.8, 4) is 0 Å². The molecular weight excluding hydrogens is 290 g/mol. The zero-order valence-electron chi connectivity index (χ0n) is 12.1. The van der Waals surface area contributed by atoms with Crippen LogP contribution in [0.1, 0.15) is 12.8 Å². The Morgan fingerprint density at radius 1 is 1.24 bits per heavy atom. The van der Waals surface area contributed by atoms with Gasteiger partial charge in [0.05, 0.1) is 12.8 Å². The van der Waals surface area contributed by atoms with Gasteiger partial charge in [0.2, 0.25) is 15.9 Å². The van der Waals surface area contributed by atoms with Crippen molar-refractivity contribution in [2.75, 3.05) is 31.2 Å². The van der Waals surface area contributed by atoms with Crippen LogP contribution in [-0.4, -0.2) is 50.6 Å². The number of para-hydroxylation sites is 1. The number of hydrogen-bond acceptors (Lipinski definition) is 4. The van der Waals surface area contributed by atoms with E-state index >= 15 is 0 Å². The van der Waals surface area contributed by atoms with Crippen molar-refractivity contribution in [2.24, 2.45) is 0 Å². The third-order valence-electron chi connectivity index (χ3n) is 3.53. The molecule has 2 rings (SSSR count). The van der Waals surface area contributed by atoms with Crippen LogP contribution in [-0.2, 0) is 14.8 Å². The van der Waals surface area contributed by atoms with Crippen molar-refractivity contribution in [3.05, 3.63) is 30.3 Å². The molecule has 1 aliphatic heterocycles. The van der Waals surface area contributed by atoms with Crippen molar-refractivity contribution in [2.45, 2.75) is 18.9 Å². The van der Waals surface area contributed by atoms with Crippen molar-refractivity contribution >= 4 is 21.6 Å². The van der Waals surface area contributed by atoms with Crippen molar-refractivity contribution < 1.29 is 13.2 Å². The molecule has 0 aliphatic carbocycles. The fraction of sp³-hybridized carbons (Fsp3) is 0.500. The molecule has 1 aromatic carbocycles. The van der Waals surface area contributed by atoms with E-state index in [9.17, 15) is 13.2 Å². The maximum Gasteiger partial charge on any atom is 0.238 e. The number of hydrogen-bond donors (Lipinski definition) is 2. The van der Waals surface area contributed by atoms with Crippen LogP contribution in [0.2, 0.25) is 0 Å². The average Bonchev–Trinajstić information content (AvgIpc) is 2.46. The van der Waals surface area contributed by atoms with Gasteiger partial charge in [0, 0.05) is 24.8 Å². The molecule has 1 amide bonds. The summed E-state index contributed by atoms with van der Waals surface area (Å²) in [6.45, 7) is 1.26. The molecule has 0 bridgehead atoms. The molecule has 0 spiro atoms. The Balaban J connectivity index is 1.71. The Kier molecular flexibility index (Phi) is 5.33. The minimum Gasteiger partial charge on any atom is -0.325 e. The topological polar surface area (TPSA) is 78.5 Å². The van der Waals surface area contributed by atoms with Crippen LogP contribution >= 0.6 is 0 Å². The Bertz CT molecular complexity index is 566. The van der Waals surface area contributed by atoms with E-state index in [4.69, 9.17) is 0 Å². The van der Waals surface area contributed by atoms with E-state index in [-0.39, 0.29) is 18.5 Å². The summed E-state index contributed by atoms with van der Waals surface area (Å²) in [5.74, 6) is -0.0910. The Morgan fingerprint density at radius 2 is 1.86 bits per heavy atom. The Morgan fingerprint density at radius 3 is 2.43 bits per heavy atom. The summed E-state index contributed by atoms with van der Waals surface area (Å²) in [4.78, 5) is 11.8. The van der Waals surface area contributed by atoms with Crippen molar-refractivity contribution in [1.82, 2.24) is 9.62 Å². The summed E-state index contributed by atoms with van der Waals surface area (Å²) in [5.41, 5.74) is 0.774. The number of benzene rings is 1. The van der Waals surface area contributed by atoms with Gasteiger partial charge in [0.1, 0.15) is 0 Å². The summed E-state index contributed by atoms with van der Waals surface area (Å²) in [5, 5.41) is 5.99. The molecule has 1 saturated heterocycles. The monoisotopic (exact) mass is 311 g/mol. The number of rotatable bonds is 5. The molecule has 0 saturated carbocycles. The smallest absolute Gasteiger partial charge is 0.238 e. The lowest BCUT2D eigenvalue weighted by Crippen LogP contribution is -2.46. The molecule has 1 fully saturated rings. The summed E-state index contributed by atoms with van der Waals surface area (Å²) in [7, 11) is -3.09. The van der Waals surface area contributed by atoms with Gasteiger partial charge in [-0.15, -0.1) is 0 Å². The summed E-state index contributed by atoms with van der Waals surface area (Å²) in [6, 6.07) is 9.48. The first kappa shape index (κ1) is 15.9. The van der Waals surface area contributed by atoms with Gasteiger partial charge in [0.25, 0.3) is 0 Å². The predicted molar refractivity (Wildman–Crippen MR) is 82.5 cm³/mol. The van der Waals surface area contributed by atoms with Gasteiger partial charge in [-0.2, -0.15) is 0 Å². The second kappa shape index (κ2) is 7.02. The van der Waals surface area contributed by atoms with Crippen LogP contribution in [0, 0.1) is 0 Å². The van der Waals surface area contributed by atoms with E-state index in [2.05, 4.69) is 10.6 Å². The SMILES string of the molecule is CS(=O)(=O)N1CCC(NCC(=O)Nc2ccccc2)CC1. The molecule has 7 heteroatoms. The van der Waals surface area contributed by atoms with Crippen LogP contribution in [0.25, 0.3) is 0 Å². The number of carbonyl (C=O) groups excluding carboxylic acids is 1. The van der Waals surface area contributed by atoms with E-state index in [0.717, 1.165) is 18.5 Å². The number of sulfonamides is 1. The van der Waals surface area contributed by atoms with E-state index in [1.807, 2.05) is 30.3 Å². The third kappa shape index (κ3) is 5.11. The zero-order valence-corrected chi connectivity index (χ0v) is 12.9. The van der Waals surface area contributed by atoms with Gasteiger partial charge < -0.3 is 10.6 Å². The van der Waals surface area contributed by atoms with Crippen LogP contribution in [0.15, 0.2) is 30.3 Å². The van der Waals surface area contributed by atoms with Gasteiger partial charge in [-0.1, -0.05) is 18.2 Å². The van der Waals surface area contributed by atoms with Crippen molar-refractivity contribution in [1.29, 1.82) is 0 Å². The predicted octanol–water partition coefficient (Wildman–Crippen LogP) is 0.639. The van der Waals surface area contributed by atoms with Gasteiger partial charge in [-0.3, -0.25) is 4.79 Å². The van der Waals surface area contributed by atoms with E-state index < -0.39 is 10.0 Å². The van der Waals surface area contributed by atoms with Crippen LogP contribution < -0.4 is 10.6 Å². The van der Waals surface area contributed by atoms with Crippen LogP contribution in [0.4, 0.5) is 5.69 Å². The molecule has 1 aliphatic rings. The Labute approximate surface area is 125 Å². The fourth-order valence-corrected chi connectivity index (χ4v) is 3.23. The largest absolute Gasteiger partial charge is 0.325 e. The molecule has 0 radical (unpaired) electrons. The molecule has 2 N–H and O–H groups in total. The molecule has 1 heterocycles. The van der Waals surface area contributed by atoms with Crippen LogP contribution in [0.5, 0.6) is 0 Å². The molecule has 0 atom stereocenters. The second-order valence-corrected chi connectivity index (χ2v) is 7.21. The molecule has 0 aromatic heterocycles. The molecule has 0 unspecified atom stereocenters. The summed E-state index contributed by atoms with van der Waals surface area (Å²) >= 11 is 0. The third-order valence-corrected chi connectivity index (χ3v) is 4.83. The zero-order chi connectivity index (χ0) is 15.3. The quantitative estimate of drug-likeness (QED) is 0.836. The minimum absolute atomic E-state index is 0.0910. The van der Waals surface area contributed by atoms with Gasteiger partial charge in [-0.05, 0) is 25.0 Å². The van der Waals surface area contributed by atoms with Gasteiger partial charge >= 0.3 is 0 Å². The molecule has 1 aromatic rings. The number of nitrogens with one attached hydrogen (secondary N) is 2. The Hall–Kier alpha value is -1.44. The molecular formula is C14H21N3O3S. The van der Waals surface area contributed by atoms with Gasteiger partial charge in [0.15, 0.2) is 0 Å². The number of piperidine rings is 1. The second-order valence-electron chi connectivity index (χ2n) is 5.23. The molecule has 21 heavy (non-hydrogen) atoms. The first-order chi connectivity index (χ1) is 9.95. The summed E-state index contributed by atoms with van der Waals surface area (Å²) < 4.78 is 24.3.